The quantitative estimate of drug-likeness (QED) is 0.667. The Morgan fingerprint density at radius 1 is 1.29 bits per heavy atom. The molecule has 7 nitrogen and oxygen atoms in total. The summed E-state index contributed by atoms with van der Waals surface area (Å²) in [6.07, 6.45) is 2.84. The number of hydrogen-bond donors (Lipinski definition) is 3. The first-order valence-electron chi connectivity index (χ1n) is 7.09. The lowest BCUT2D eigenvalue weighted by Gasteiger charge is -2.07. The highest BCUT2D eigenvalue weighted by atomic mass is 19.1. The molecule has 2 heterocycles. The normalized spacial score (nSPS) is 10.4. The smallest absolute Gasteiger partial charge is 0.276 e. The first-order valence-corrected chi connectivity index (χ1v) is 7.09. The number of nitrogens with two attached hydrogens (primary N) is 1. The van der Waals surface area contributed by atoms with Crippen molar-refractivity contribution in [3.05, 3.63) is 66.1 Å². The zero-order valence-electron chi connectivity index (χ0n) is 12.5. The number of amides is 1. The van der Waals surface area contributed by atoms with E-state index in [1.165, 1.54) is 30.7 Å². The number of aromatic amines is 1. The summed E-state index contributed by atoms with van der Waals surface area (Å²) in [7, 11) is 0. The molecule has 3 rings (SSSR count). The number of halogens is 1. The van der Waals surface area contributed by atoms with Crippen molar-refractivity contribution in [2.75, 3.05) is 5.32 Å². The number of nitrogens with one attached hydrogen (secondary N) is 2. The van der Waals surface area contributed by atoms with E-state index in [4.69, 9.17) is 10.5 Å². The monoisotopic (exact) mass is 327 g/mol. The number of ether oxygens (including phenoxy) is 1. The predicted octanol–water partition coefficient (Wildman–Crippen LogP) is 2.45. The average Bonchev–Trinajstić information content (AvgIpc) is 3.05. The minimum Gasteiger partial charge on any atom is -0.439 e. The van der Waals surface area contributed by atoms with E-state index in [2.05, 4.69) is 20.3 Å². The van der Waals surface area contributed by atoms with E-state index in [9.17, 15) is 9.18 Å². The fourth-order valence-electron chi connectivity index (χ4n) is 2.03. The first-order chi connectivity index (χ1) is 11.7. The maximum Gasteiger partial charge on any atom is 0.276 e. The lowest BCUT2D eigenvalue weighted by Crippen LogP contribution is -2.16. The molecule has 0 atom stereocenters. The number of rotatable bonds is 5. The summed E-state index contributed by atoms with van der Waals surface area (Å²) >= 11 is 0. The third-order valence-corrected chi connectivity index (χ3v) is 3.15. The zero-order chi connectivity index (χ0) is 16.9. The van der Waals surface area contributed by atoms with E-state index in [0.717, 1.165) is 0 Å². The van der Waals surface area contributed by atoms with Gasteiger partial charge in [0, 0.05) is 18.7 Å². The molecule has 0 saturated heterocycles. The fourth-order valence-corrected chi connectivity index (χ4v) is 2.03. The fraction of sp³-hybridized carbons (Fsp3) is 0.0625. The maximum absolute atomic E-state index is 13.1. The van der Waals surface area contributed by atoms with E-state index in [0.29, 0.717) is 17.1 Å². The minimum absolute atomic E-state index is 0.182. The van der Waals surface area contributed by atoms with Crippen LogP contribution in [0.1, 0.15) is 16.2 Å². The van der Waals surface area contributed by atoms with Crippen molar-refractivity contribution in [3.63, 3.8) is 0 Å². The van der Waals surface area contributed by atoms with E-state index in [-0.39, 0.29) is 18.1 Å². The first kappa shape index (κ1) is 15.6. The number of anilines is 1. The van der Waals surface area contributed by atoms with E-state index >= 15 is 0 Å². The molecule has 0 spiro atoms. The molecule has 0 bridgehead atoms. The van der Waals surface area contributed by atoms with Crippen LogP contribution in [0.3, 0.4) is 0 Å². The van der Waals surface area contributed by atoms with Crippen LogP contribution in [0, 0.1) is 5.82 Å². The summed E-state index contributed by atoms with van der Waals surface area (Å²) < 4.78 is 18.5. The van der Waals surface area contributed by atoms with Gasteiger partial charge in [-0.3, -0.25) is 4.79 Å². The Morgan fingerprint density at radius 2 is 2.17 bits per heavy atom. The highest BCUT2D eigenvalue weighted by Crippen LogP contribution is 2.21. The number of hydrogen-bond acceptors (Lipinski definition) is 5. The topological polar surface area (TPSA) is 106 Å². The van der Waals surface area contributed by atoms with Crippen molar-refractivity contribution in [3.8, 4) is 11.6 Å². The standard InChI is InChI=1S/C16H14FN5O2/c17-10-2-1-3-12(6-10)24-14-5-4-11(8-19-14)22-16(23)15-13(7-18)20-9-21-15/h1-6,8-9H,7,18H2,(H,20,21)(H,22,23). The largest absolute Gasteiger partial charge is 0.439 e. The van der Waals surface area contributed by atoms with Gasteiger partial charge in [-0.1, -0.05) is 6.07 Å². The molecule has 0 aliphatic carbocycles. The van der Waals surface area contributed by atoms with Crippen molar-refractivity contribution in [1.82, 2.24) is 15.0 Å². The highest BCUT2D eigenvalue weighted by molar-refractivity contribution is 6.03. The van der Waals surface area contributed by atoms with Crippen LogP contribution in [0.4, 0.5) is 10.1 Å². The molecule has 8 heteroatoms. The summed E-state index contributed by atoms with van der Waals surface area (Å²) in [4.78, 5) is 22.9. The van der Waals surface area contributed by atoms with E-state index < -0.39 is 11.7 Å². The molecule has 1 aromatic carbocycles. The van der Waals surface area contributed by atoms with Gasteiger partial charge in [0.05, 0.1) is 23.9 Å². The van der Waals surface area contributed by atoms with Gasteiger partial charge >= 0.3 is 0 Å². The molecule has 0 radical (unpaired) electrons. The second-order valence-corrected chi connectivity index (χ2v) is 4.83. The van der Waals surface area contributed by atoms with Crippen molar-refractivity contribution in [2.45, 2.75) is 6.54 Å². The Morgan fingerprint density at radius 3 is 2.88 bits per heavy atom. The second kappa shape index (κ2) is 6.88. The van der Waals surface area contributed by atoms with Crippen LogP contribution >= 0.6 is 0 Å². The Hall–Kier alpha value is -3.26. The van der Waals surface area contributed by atoms with Gasteiger partial charge in [0.25, 0.3) is 5.91 Å². The Balaban J connectivity index is 1.67. The molecular weight excluding hydrogens is 313 g/mol. The highest BCUT2D eigenvalue weighted by Gasteiger charge is 2.13. The molecule has 122 valence electrons. The van der Waals surface area contributed by atoms with Crippen molar-refractivity contribution in [1.29, 1.82) is 0 Å². The summed E-state index contributed by atoms with van der Waals surface area (Å²) in [6.45, 7) is 0.182. The van der Waals surface area contributed by atoms with Crippen LogP contribution in [0.15, 0.2) is 48.9 Å². The molecule has 0 aliphatic rings. The van der Waals surface area contributed by atoms with Crippen molar-refractivity contribution < 1.29 is 13.9 Å². The lowest BCUT2D eigenvalue weighted by molar-refractivity contribution is 0.102. The molecule has 3 aromatic rings. The number of nitrogens with zero attached hydrogens (tertiary/aromatic N) is 2. The Labute approximate surface area is 136 Å². The van der Waals surface area contributed by atoms with E-state index in [1.54, 1.807) is 18.2 Å². The zero-order valence-corrected chi connectivity index (χ0v) is 12.5. The molecule has 0 fully saturated rings. The average molecular weight is 327 g/mol. The van der Waals surface area contributed by atoms with Crippen LogP contribution in [-0.2, 0) is 6.54 Å². The van der Waals surface area contributed by atoms with Crippen LogP contribution in [-0.4, -0.2) is 20.9 Å². The Bertz CT molecular complexity index is 848. The number of pyridine rings is 1. The van der Waals surface area contributed by atoms with Gasteiger partial charge in [0.1, 0.15) is 11.6 Å². The van der Waals surface area contributed by atoms with Crippen molar-refractivity contribution >= 4 is 11.6 Å². The number of carbonyl (C=O) groups excluding carboxylic acids is 1. The predicted molar refractivity (Wildman–Crippen MR) is 85.1 cm³/mol. The van der Waals surface area contributed by atoms with E-state index in [1.807, 2.05) is 0 Å². The van der Waals surface area contributed by atoms with Crippen LogP contribution in [0.2, 0.25) is 0 Å². The van der Waals surface area contributed by atoms with Gasteiger partial charge in [-0.25, -0.2) is 14.4 Å². The van der Waals surface area contributed by atoms with Gasteiger partial charge in [-0.15, -0.1) is 0 Å². The molecule has 0 saturated carbocycles. The van der Waals surface area contributed by atoms with Gasteiger partial charge in [0.15, 0.2) is 5.69 Å². The molecule has 0 aliphatic heterocycles. The third kappa shape index (κ3) is 3.55. The van der Waals surface area contributed by atoms with Crippen LogP contribution < -0.4 is 15.8 Å². The molecule has 0 unspecified atom stereocenters. The van der Waals surface area contributed by atoms with Gasteiger partial charge < -0.3 is 20.8 Å². The number of aromatic nitrogens is 3. The maximum atomic E-state index is 13.1. The number of H-pyrrole nitrogens is 1. The molecule has 4 N–H and O–H groups in total. The second-order valence-electron chi connectivity index (χ2n) is 4.83. The summed E-state index contributed by atoms with van der Waals surface area (Å²) in [5.41, 5.74) is 6.77. The molecule has 2 aromatic heterocycles. The lowest BCUT2D eigenvalue weighted by atomic mass is 10.3. The van der Waals surface area contributed by atoms with Crippen LogP contribution in [0.25, 0.3) is 0 Å². The molecule has 24 heavy (non-hydrogen) atoms. The van der Waals surface area contributed by atoms with Crippen LogP contribution in [0.5, 0.6) is 11.6 Å². The summed E-state index contributed by atoms with van der Waals surface area (Å²) in [5, 5.41) is 2.66. The summed E-state index contributed by atoms with van der Waals surface area (Å²) in [6, 6.07) is 8.92. The third-order valence-electron chi connectivity index (χ3n) is 3.15. The molecular formula is C16H14FN5O2. The van der Waals surface area contributed by atoms with Gasteiger partial charge in [-0.05, 0) is 18.2 Å². The number of carbonyl (C=O) groups is 1. The minimum atomic E-state index is -0.397. The van der Waals surface area contributed by atoms with Gasteiger partial charge in [0.2, 0.25) is 5.88 Å². The SMILES string of the molecule is NCc1[nH]cnc1C(=O)Nc1ccc(Oc2cccc(F)c2)nc1. The summed E-state index contributed by atoms with van der Waals surface area (Å²) in [5.74, 6) is -0.173. The number of benzene rings is 1. The molecule has 1 amide bonds. The number of imidazole rings is 1. The Kier molecular flexibility index (Phi) is 4.48. The van der Waals surface area contributed by atoms with Crippen molar-refractivity contribution in [2.24, 2.45) is 5.73 Å². The van der Waals surface area contributed by atoms with Gasteiger partial charge in [-0.2, -0.15) is 0 Å².